The lowest BCUT2D eigenvalue weighted by atomic mass is 10.2. The van der Waals surface area contributed by atoms with Crippen molar-refractivity contribution in [3.8, 4) is 0 Å². The SMILES string of the molecule is Cc1ccc(NC2=C(Cl)C(=O)N(c3ccccc3N3C(=O)C(Cl)=C(Nc4ccc(C)cc4)C3=O)C2=O)cc1. The van der Waals surface area contributed by atoms with Crippen LogP contribution in [-0.2, 0) is 19.2 Å². The van der Waals surface area contributed by atoms with Gasteiger partial charge in [-0.1, -0.05) is 70.7 Å². The predicted molar refractivity (Wildman–Crippen MR) is 147 cm³/mol. The molecule has 0 radical (unpaired) electrons. The Morgan fingerprint density at radius 2 is 0.868 bits per heavy atom. The molecule has 8 nitrogen and oxygen atoms in total. The largest absolute Gasteiger partial charge is 0.350 e. The maximum atomic E-state index is 13.4. The van der Waals surface area contributed by atoms with Crippen LogP contribution >= 0.6 is 23.2 Å². The normalized spacial score (nSPS) is 15.8. The van der Waals surface area contributed by atoms with Crippen molar-refractivity contribution in [2.75, 3.05) is 20.4 Å². The number of para-hydroxylation sites is 2. The van der Waals surface area contributed by atoms with E-state index >= 15 is 0 Å². The molecule has 0 fully saturated rings. The first-order valence-electron chi connectivity index (χ1n) is 11.5. The van der Waals surface area contributed by atoms with Crippen LogP contribution in [0.25, 0.3) is 0 Å². The lowest BCUT2D eigenvalue weighted by Crippen LogP contribution is -2.37. The minimum atomic E-state index is -0.796. The third-order valence-electron chi connectivity index (χ3n) is 6.06. The molecule has 0 saturated heterocycles. The maximum absolute atomic E-state index is 13.4. The summed E-state index contributed by atoms with van der Waals surface area (Å²) < 4.78 is 0. The van der Waals surface area contributed by atoms with Crippen molar-refractivity contribution >= 4 is 69.6 Å². The molecular weight excluding hydrogens is 527 g/mol. The van der Waals surface area contributed by atoms with Crippen LogP contribution in [0.1, 0.15) is 11.1 Å². The molecule has 0 unspecified atom stereocenters. The molecule has 2 aliphatic heterocycles. The molecule has 2 N–H and O–H groups in total. The first kappa shape index (κ1) is 25.3. The van der Waals surface area contributed by atoms with E-state index in [1.54, 1.807) is 36.4 Å². The number of benzene rings is 3. The summed E-state index contributed by atoms with van der Waals surface area (Å²) in [5, 5.41) is 5.16. The number of hydrogen-bond acceptors (Lipinski definition) is 6. The van der Waals surface area contributed by atoms with E-state index in [-0.39, 0.29) is 32.8 Å². The van der Waals surface area contributed by atoms with Gasteiger partial charge in [0.25, 0.3) is 23.6 Å². The Hall–Kier alpha value is -4.40. The maximum Gasteiger partial charge on any atom is 0.283 e. The summed E-state index contributed by atoms with van der Waals surface area (Å²) >= 11 is 12.6. The third-order valence-corrected chi connectivity index (χ3v) is 6.76. The average Bonchev–Trinajstić information content (AvgIpc) is 3.24. The van der Waals surface area contributed by atoms with Gasteiger partial charge in [0.15, 0.2) is 0 Å². The average molecular weight is 547 g/mol. The molecule has 10 heteroatoms. The van der Waals surface area contributed by atoms with Crippen molar-refractivity contribution in [1.29, 1.82) is 0 Å². The molecule has 2 heterocycles. The van der Waals surface area contributed by atoms with Crippen LogP contribution in [0.3, 0.4) is 0 Å². The lowest BCUT2D eigenvalue weighted by molar-refractivity contribution is -0.122. The van der Waals surface area contributed by atoms with Crippen LogP contribution in [0, 0.1) is 13.8 Å². The van der Waals surface area contributed by atoms with Gasteiger partial charge in [-0.25, -0.2) is 9.80 Å². The number of rotatable bonds is 6. The minimum Gasteiger partial charge on any atom is -0.350 e. The number of carbonyl (C=O) groups excluding carboxylic acids is 4. The lowest BCUT2D eigenvalue weighted by Gasteiger charge is -2.23. The topological polar surface area (TPSA) is 98.8 Å². The quantitative estimate of drug-likeness (QED) is 0.413. The number of nitrogens with zero attached hydrogens (tertiary/aromatic N) is 2. The van der Waals surface area contributed by atoms with Gasteiger partial charge in [-0.3, -0.25) is 19.2 Å². The summed E-state index contributed by atoms with van der Waals surface area (Å²) in [5.74, 6) is -3.06. The summed E-state index contributed by atoms with van der Waals surface area (Å²) in [7, 11) is 0. The van der Waals surface area contributed by atoms with E-state index in [1.165, 1.54) is 12.1 Å². The van der Waals surface area contributed by atoms with Crippen molar-refractivity contribution in [1.82, 2.24) is 0 Å². The Balaban J connectivity index is 1.46. The molecule has 0 atom stereocenters. The van der Waals surface area contributed by atoms with Gasteiger partial charge >= 0.3 is 0 Å². The van der Waals surface area contributed by atoms with E-state index < -0.39 is 23.6 Å². The summed E-state index contributed by atoms with van der Waals surface area (Å²) in [4.78, 5) is 54.7. The third kappa shape index (κ3) is 4.34. The van der Waals surface area contributed by atoms with E-state index in [0.29, 0.717) is 11.4 Å². The molecular formula is C28H20Cl2N4O4. The monoisotopic (exact) mass is 546 g/mol. The van der Waals surface area contributed by atoms with Crippen molar-refractivity contribution in [2.24, 2.45) is 0 Å². The zero-order chi connectivity index (χ0) is 27.1. The highest BCUT2D eigenvalue weighted by molar-refractivity contribution is 6.55. The zero-order valence-corrected chi connectivity index (χ0v) is 21.7. The van der Waals surface area contributed by atoms with Gasteiger partial charge in [0.2, 0.25) is 0 Å². The molecule has 0 bridgehead atoms. The molecule has 3 aromatic rings. The number of nitrogens with one attached hydrogen (secondary N) is 2. The number of carbonyl (C=O) groups is 4. The van der Waals surface area contributed by atoms with Gasteiger partial charge in [-0.2, -0.15) is 0 Å². The van der Waals surface area contributed by atoms with E-state index in [4.69, 9.17) is 23.2 Å². The molecule has 4 amide bonds. The van der Waals surface area contributed by atoms with Crippen LogP contribution in [0.5, 0.6) is 0 Å². The number of aryl methyl sites for hydroxylation is 2. The van der Waals surface area contributed by atoms with Crippen molar-refractivity contribution in [3.63, 3.8) is 0 Å². The number of imide groups is 2. The van der Waals surface area contributed by atoms with Crippen LogP contribution < -0.4 is 20.4 Å². The van der Waals surface area contributed by atoms with Gasteiger partial charge in [0.05, 0.1) is 11.4 Å². The van der Waals surface area contributed by atoms with Gasteiger partial charge in [-0.05, 0) is 50.2 Å². The molecule has 38 heavy (non-hydrogen) atoms. The molecule has 3 aromatic carbocycles. The van der Waals surface area contributed by atoms with Gasteiger partial charge in [0, 0.05) is 11.4 Å². The van der Waals surface area contributed by atoms with Crippen molar-refractivity contribution < 1.29 is 19.2 Å². The van der Waals surface area contributed by atoms with E-state index in [1.807, 2.05) is 38.1 Å². The zero-order valence-electron chi connectivity index (χ0n) is 20.2. The summed E-state index contributed by atoms with van der Waals surface area (Å²) in [6.07, 6.45) is 0. The molecule has 2 aliphatic rings. The predicted octanol–water partition coefficient (Wildman–Crippen LogP) is 5.17. The summed E-state index contributed by atoms with van der Waals surface area (Å²) in [6, 6.07) is 20.4. The van der Waals surface area contributed by atoms with Crippen molar-refractivity contribution in [2.45, 2.75) is 13.8 Å². The summed E-state index contributed by atoms with van der Waals surface area (Å²) in [6.45, 7) is 3.84. The molecule has 0 aromatic heterocycles. The molecule has 190 valence electrons. The Morgan fingerprint density at radius 3 is 1.21 bits per heavy atom. The highest BCUT2D eigenvalue weighted by Gasteiger charge is 2.44. The number of anilines is 4. The fourth-order valence-electron chi connectivity index (χ4n) is 4.07. The molecule has 0 saturated carbocycles. The fraction of sp³-hybridized carbons (Fsp3) is 0.0714. The Morgan fingerprint density at radius 1 is 0.526 bits per heavy atom. The highest BCUT2D eigenvalue weighted by atomic mass is 35.5. The molecule has 5 rings (SSSR count). The van der Waals surface area contributed by atoms with Crippen LogP contribution in [0.4, 0.5) is 22.7 Å². The Bertz CT molecular complexity index is 1460. The first-order valence-corrected chi connectivity index (χ1v) is 12.3. The second-order valence-corrected chi connectivity index (χ2v) is 9.50. The van der Waals surface area contributed by atoms with Crippen LogP contribution in [0.2, 0.25) is 0 Å². The van der Waals surface area contributed by atoms with Crippen molar-refractivity contribution in [3.05, 3.63) is 105 Å². The standard InChI is InChI=1S/C28H20Cl2N4O4/c1-15-7-11-17(12-8-15)31-23-21(29)25(35)33(27(23)37)19-5-3-4-6-20(19)34-26(36)22(30)24(28(34)38)32-18-13-9-16(2)10-14-18/h3-14,31-32H,1-2H3. The van der Waals surface area contributed by atoms with Gasteiger partial charge < -0.3 is 10.6 Å². The highest BCUT2D eigenvalue weighted by Crippen LogP contribution is 2.39. The van der Waals surface area contributed by atoms with Gasteiger partial charge in [-0.15, -0.1) is 0 Å². The minimum absolute atomic E-state index is 0.00380. The van der Waals surface area contributed by atoms with Crippen LogP contribution in [0.15, 0.2) is 94.3 Å². The second-order valence-electron chi connectivity index (χ2n) is 8.74. The summed E-state index contributed by atoms with van der Waals surface area (Å²) in [5.41, 5.74) is 2.93. The Kier molecular flexibility index (Phi) is 6.52. The van der Waals surface area contributed by atoms with E-state index in [0.717, 1.165) is 20.9 Å². The van der Waals surface area contributed by atoms with Gasteiger partial charge in [0.1, 0.15) is 21.5 Å². The van der Waals surface area contributed by atoms with E-state index in [9.17, 15) is 19.2 Å². The van der Waals surface area contributed by atoms with Crippen LogP contribution in [-0.4, -0.2) is 23.6 Å². The Labute approximate surface area is 228 Å². The number of amides is 4. The fourth-order valence-corrected chi connectivity index (χ4v) is 4.49. The number of hydrogen-bond donors (Lipinski definition) is 2. The van der Waals surface area contributed by atoms with E-state index in [2.05, 4.69) is 10.6 Å². The second kappa shape index (κ2) is 9.81. The molecule has 0 aliphatic carbocycles. The smallest absolute Gasteiger partial charge is 0.283 e. The number of halogens is 2. The first-order chi connectivity index (χ1) is 18.2. The molecule has 0 spiro atoms.